The minimum atomic E-state index is -0.640. The summed E-state index contributed by atoms with van der Waals surface area (Å²) in [6.45, 7) is 4.29. The van der Waals surface area contributed by atoms with Gasteiger partial charge in [-0.15, -0.1) is 0 Å². The Morgan fingerprint density at radius 3 is 2.25 bits per heavy atom. The highest BCUT2D eigenvalue weighted by atomic mass is 32.1. The zero-order valence-corrected chi connectivity index (χ0v) is 12.6. The molecule has 1 aromatic carbocycles. The summed E-state index contributed by atoms with van der Waals surface area (Å²) in [4.78, 5) is 0. The Hall–Kier alpha value is -1.23. The zero-order chi connectivity index (χ0) is 14.8. The summed E-state index contributed by atoms with van der Waals surface area (Å²) in [6.07, 6.45) is 4.38. The van der Waals surface area contributed by atoms with Gasteiger partial charge >= 0.3 is 0 Å². The third kappa shape index (κ3) is 3.08. The first-order valence-electron chi connectivity index (χ1n) is 6.98. The van der Waals surface area contributed by atoms with E-state index in [0.29, 0.717) is 5.92 Å². The van der Waals surface area contributed by atoms with Crippen LogP contribution in [0.1, 0.15) is 39.5 Å². The Morgan fingerprint density at radius 1 is 1.20 bits per heavy atom. The van der Waals surface area contributed by atoms with Crippen LogP contribution in [0.25, 0.3) is 0 Å². The van der Waals surface area contributed by atoms with Crippen molar-refractivity contribution >= 4 is 23.0 Å². The van der Waals surface area contributed by atoms with Gasteiger partial charge in [0.1, 0.15) is 17.3 Å². The average Bonchev–Trinajstić information content (AvgIpc) is 2.84. The molecule has 0 spiro atoms. The minimum Gasteiger partial charge on any atom is -0.357 e. The molecule has 5 heteroatoms. The summed E-state index contributed by atoms with van der Waals surface area (Å²) >= 11 is 5.23. The molecule has 0 atom stereocenters. The number of rotatable bonds is 3. The van der Waals surface area contributed by atoms with Gasteiger partial charge in [-0.05, 0) is 43.1 Å². The molecular formula is C15H20F2N2S. The lowest BCUT2D eigenvalue weighted by Crippen LogP contribution is -2.51. The van der Waals surface area contributed by atoms with Gasteiger partial charge in [-0.1, -0.05) is 32.8 Å². The van der Waals surface area contributed by atoms with Crippen LogP contribution in [0.5, 0.6) is 0 Å². The van der Waals surface area contributed by atoms with Gasteiger partial charge in [0.05, 0.1) is 0 Å². The van der Waals surface area contributed by atoms with E-state index in [-0.39, 0.29) is 16.3 Å². The molecule has 2 N–H and O–H groups in total. The molecule has 2 nitrogen and oxygen atoms in total. The van der Waals surface area contributed by atoms with Crippen molar-refractivity contribution in [1.82, 2.24) is 5.32 Å². The van der Waals surface area contributed by atoms with Gasteiger partial charge in [0.25, 0.3) is 0 Å². The Bertz CT molecular complexity index is 476. The highest BCUT2D eigenvalue weighted by molar-refractivity contribution is 7.80. The van der Waals surface area contributed by atoms with Crippen molar-refractivity contribution in [3.63, 3.8) is 0 Å². The maximum Gasteiger partial charge on any atom is 0.171 e. The number of hydrogen-bond acceptors (Lipinski definition) is 1. The first-order chi connectivity index (χ1) is 9.44. The fourth-order valence-electron chi connectivity index (χ4n) is 2.84. The second-order valence-corrected chi connectivity index (χ2v) is 6.10. The zero-order valence-electron chi connectivity index (χ0n) is 11.8. The quantitative estimate of drug-likeness (QED) is 0.817. The monoisotopic (exact) mass is 298 g/mol. The smallest absolute Gasteiger partial charge is 0.171 e. The number of nitrogens with one attached hydrogen (secondary N) is 2. The summed E-state index contributed by atoms with van der Waals surface area (Å²) in [7, 11) is 0. The molecule has 0 heterocycles. The lowest BCUT2D eigenvalue weighted by Gasteiger charge is -2.35. The molecule has 0 aliphatic heterocycles. The fourth-order valence-corrected chi connectivity index (χ4v) is 3.15. The van der Waals surface area contributed by atoms with E-state index in [0.717, 1.165) is 25.7 Å². The molecule has 20 heavy (non-hydrogen) atoms. The third-order valence-corrected chi connectivity index (χ3v) is 4.37. The molecule has 0 amide bonds. The Balaban J connectivity index is 2.09. The van der Waals surface area contributed by atoms with Gasteiger partial charge in [-0.25, -0.2) is 8.78 Å². The van der Waals surface area contributed by atoms with Crippen molar-refractivity contribution in [1.29, 1.82) is 0 Å². The van der Waals surface area contributed by atoms with Gasteiger partial charge in [0.15, 0.2) is 5.11 Å². The van der Waals surface area contributed by atoms with E-state index >= 15 is 0 Å². The standard InChI is InChI=1S/C15H20F2N2S/c1-10(2)15(8-3-4-9-15)19-14(20)18-13-11(16)6-5-7-12(13)17/h5-7,10H,3-4,8-9H2,1-2H3,(H2,18,19,20). The van der Waals surface area contributed by atoms with Crippen molar-refractivity contribution in [2.45, 2.75) is 45.1 Å². The predicted molar refractivity (Wildman–Crippen MR) is 81.8 cm³/mol. The van der Waals surface area contributed by atoms with Gasteiger partial charge in [-0.2, -0.15) is 0 Å². The molecule has 0 unspecified atom stereocenters. The molecule has 1 saturated carbocycles. The second kappa shape index (κ2) is 6.04. The van der Waals surface area contributed by atoms with E-state index in [9.17, 15) is 8.78 Å². The highest BCUT2D eigenvalue weighted by Gasteiger charge is 2.37. The Morgan fingerprint density at radius 2 is 1.75 bits per heavy atom. The summed E-state index contributed by atoms with van der Waals surface area (Å²) < 4.78 is 27.2. The maximum atomic E-state index is 13.6. The van der Waals surface area contributed by atoms with E-state index in [1.54, 1.807) is 0 Å². The molecular weight excluding hydrogens is 278 g/mol. The number of para-hydroxylation sites is 1. The van der Waals surface area contributed by atoms with Crippen LogP contribution in [0.3, 0.4) is 0 Å². The van der Waals surface area contributed by atoms with Gasteiger partial charge in [0.2, 0.25) is 0 Å². The highest BCUT2D eigenvalue weighted by Crippen LogP contribution is 2.36. The van der Waals surface area contributed by atoms with Crippen molar-refractivity contribution in [2.75, 3.05) is 5.32 Å². The molecule has 0 bridgehead atoms. The largest absolute Gasteiger partial charge is 0.357 e. The Kier molecular flexibility index (Phi) is 4.58. The van der Waals surface area contributed by atoms with E-state index in [1.807, 2.05) is 0 Å². The number of benzene rings is 1. The van der Waals surface area contributed by atoms with Crippen LogP contribution in [0.4, 0.5) is 14.5 Å². The minimum absolute atomic E-state index is 0.0637. The predicted octanol–water partition coefficient (Wildman–Crippen LogP) is 4.22. The number of halogens is 2. The van der Waals surface area contributed by atoms with Gasteiger partial charge in [-0.3, -0.25) is 0 Å². The second-order valence-electron chi connectivity index (χ2n) is 5.69. The van der Waals surface area contributed by atoms with E-state index in [2.05, 4.69) is 24.5 Å². The van der Waals surface area contributed by atoms with Crippen LogP contribution in [-0.2, 0) is 0 Å². The summed E-state index contributed by atoms with van der Waals surface area (Å²) in [5.41, 5.74) is -0.256. The van der Waals surface area contributed by atoms with Gasteiger partial charge in [0, 0.05) is 5.54 Å². The van der Waals surface area contributed by atoms with Crippen LogP contribution in [0.15, 0.2) is 18.2 Å². The summed E-state index contributed by atoms with van der Waals surface area (Å²) in [5, 5.41) is 6.22. The molecule has 1 aromatic rings. The Labute approximate surface area is 123 Å². The lowest BCUT2D eigenvalue weighted by molar-refractivity contribution is 0.283. The SMILES string of the molecule is CC(C)C1(NC(=S)Nc2c(F)cccc2F)CCCC1. The number of hydrogen-bond donors (Lipinski definition) is 2. The molecule has 1 aliphatic rings. The van der Waals surface area contributed by atoms with Crippen LogP contribution >= 0.6 is 12.2 Å². The van der Waals surface area contributed by atoms with Crippen molar-refractivity contribution < 1.29 is 8.78 Å². The molecule has 0 aromatic heterocycles. The van der Waals surface area contributed by atoms with E-state index in [4.69, 9.17) is 12.2 Å². The fraction of sp³-hybridized carbons (Fsp3) is 0.533. The van der Waals surface area contributed by atoms with E-state index in [1.165, 1.54) is 18.2 Å². The lowest BCUT2D eigenvalue weighted by atomic mass is 9.85. The van der Waals surface area contributed by atoms with Crippen LogP contribution in [-0.4, -0.2) is 10.7 Å². The van der Waals surface area contributed by atoms with Crippen molar-refractivity contribution in [2.24, 2.45) is 5.92 Å². The summed E-state index contributed by atoms with van der Waals surface area (Å²) in [6, 6.07) is 3.75. The normalized spacial score (nSPS) is 17.2. The summed E-state index contributed by atoms with van der Waals surface area (Å²) in [5.74, 6) is -0.867. The molecule has 0 radical (unpaired) electrons. The first-order valence-corrected chi connectivity index (χ1v) is 7.38. The van der Waals surface area contributed by atoms with E-state index < -0.39 is 11.6 Å². The molecule has 2 rings (SSSR count). The average molecular weight is 298 g/mol. The molecule has 1 fully saturated rings. The molecule has 110 valence electrons. The van der Waals surface area contributed by atoms with Gasteiger partial charge < -0.3 is 10.6 Å². The first kappa shape index (κ1) is 15.2. The third-order valence-electron chi connectivity index (χ3n) is 4.16. The number of anilines is 1. The van der Waals surface area contributed by atoms with Crippen molar-refractivity contribution in [3.05, 3.63) is 29.8 Å². The molecule has 1 aliphatic carbocycles. The topological polar surface area (TPSA) is 24.1 Å². The van der Waals surface area contributed by atoms with Crippen LogP contribution < -0.4 is 10.6 Å². The van der Waals surface area contributed by atoms with Crippen LogP contribution in [0, 0.1) is 17.6 Å². The van der Waals surface area contributed by atoms with Crippen LogP contribution in [0.2, 0.25) is 0 Å². The number of thiocarbonyl (C=S) groups is 1. The van der Waals surface area contributed by atoms with Crippen molar-refractivity contribution in [3.8, 4) is 0 Å². The molecule has 0 saturated heterocycles. The maximum absolute atomic E-state index is 13.6.